The van der Waals surface area contributed by atoms with Crippen molar-refractivity contribution in [2.45, 2.75) is 0 Å². The van der Waals surface area contributed by atoms with E-state index in [9.17, 15) is 0 Å². The van der Waals surface area contributed by atoms with Crippen LogP contribution < -0.4 is 0 Å². The van der Waals surface area contributed by atoms with Gasteiger partial charge in [-0.3, -0.25) is 0 Å². The van der Waals surface area contributed by atoms with Gasteiger partial charge in [0.1, 0.15) is 0 Å². The molecule has 0 atom stereocenters. The first-order valence-corrected chi connectivity index (χ1v) is 1.53. The molecule has 2 heteroatoms. The summed E-state index contributed by atoms with van der Waals surface area (Å²) >= 11 is 0. The summed E-state index contributed by atoms with van der Waals surface area (Å²) in [6.45, 7) is 0. The van der Waals surface area contributed by atoms with E-state index in [4.69, 9.17) is 6.48 Å². The van der Waals surface area contributed by atoms with E-state index in [-0.39, 0.29) is 12.0 Å². The lowest BCUT2D eigenvalue weighted by Gasteiger charge is -1.69. The molecule has 0 bridgehead atoms. The normalized spacial score (nSPS) is 11.0. The zero-order valence-corrected chi connectivity index (χ0v) is 3.01. The fraction of sp³-hybridized carbons (Fsp3) is 0. The van der Waals surface area contributed by atoms with Crippen LogP contribution in [0.1, 0.15) is 1.37 Å². The molecule has 0 aliphatic heterocycles. The van der Waals surface area contributed by atoms with Crippen molar-refractivity contribution in [1.29, 1.82) is 0 Å². The number of furan rings is 1. The summed E-state index contributed by atoms with van der Waals surface area (Å²) in [5.74, 6) is -0.204. The third kappa shape index (κ3) is 0.360. The SMILES string of the molecule is [2H]c1coc(O)c1. The second-order valence-corrected chi connectivity index (χ2v) is 0.885. The van der Waals surface area contributed by atoms with Crippen LogP contribution in [-0.4, -0.2) is 5.11 Å². The quantitative estimate of drug-likeness (QED) is 0.509. The number of hydrogen-bond acceptors (Lipinski definition) is 2. The van der Waals surface area contributed by atoms with Gasteiger partial charge in [0.2, 0.25) is 0 Å². The highest BCUT2D eigenvalue weighted by Crippen LogP contribution is 2.04. The summed E-state index contributed by atoms with van der Waals surface area (Å²) in [6, 6.07) is 1.41. The molecule has 1 aromatic heterocycles. The van der Waals surface area contributed by atoms with Crippen LogP contribution in [-0.2, 0) is 0 Å². The van der Waals surface area contributed by atoms with E-state index in [0.29, 0.717) is 0 Å². The van der Waals surface area contributed by atoms with Crippen LogP contribution in [0.4, 0.5) is 0 Å². The van der Waals surface area contributed by atoms with Gasteiger partial charge in [0.15, 0.2) is 0 Å². The molecule has 0 aliphatic rings. The first-order chi connectivity index (χ1) is 3.29. The van der Waals surface area contributed by atoms with Gasteiger partial charge in [-0.15, -0.1) is 0 Å². The molecular weight excluding hydrogens is 80.0 g/mol. The van der Waals surface area contributed by atoms with E-state index in [0.717, 1.165) is 6.26 Å². The highest BCUT2D eigenvalue weighted by atomic mass is 16.5. The van der Waals surface area contributed by atoms with Crippen molar-refractivity contribution < 1.29 is 10.9 Å². The summed E-state index contributed by atoms with van der Waals surface area (Å²) in [4.78, 5) is 0. The molecule has 0 aliphatic carbocycles. The fourth-order valence-electron chi connectivity index (χ4n) is 0.234. The average molecular weight is 85.1 g/mol. The zero-order chi connectivity index (χ0) is 5.28. The Labute approximate surface area is 36.4 Å². The Kier molecular flexibility index (Phi) is 0.399. The molecule has 1 N–H and O–H groups in total. The van der Waals surface area contributed by atoms with E-state index in [1.54, 1.807) is 0 Å². The molecule has 2 nitrogen and oxygen atoms in total. The summed E-state index contributed by atoms with van der Waals surface area (Å²) < 4.78 is 11.1. The smallest absolute Gasteiger partial charge is 0.281 e. The maximum absolute atomic E-state index is 8.37. The lowest BCUT2D eigenvalue weighted by atomic mass is 10.7. The molecule has 1 heterocycles. The molecule has 0 amide bonds. The maximum atomic E-state index is 8.37. The second kappa shape index (κ2) is 1.05. The highest BCUT2D eigenvalue weighted by Gasteiger charge is 1.79. The lowest BCUT2D eigenvalue weighted by molar-refractivity contribution is 0.332. The molecular formula is C4H4O2. The molecule has 0 aromatic carbocycles. The van der Waals surface area contributed by atoms with Gasteiger partial charge in [0.25, 0.3) is 5.95 Å². The van der Waals surface area contributed by atoms with E-state index < -0.39 is 0 Å². The molecule has 0 radical (unpaired) electrons. The van der Waals surface area contributed by atoms with Crippen molar-refractivity contribution in [3.63, 3.8) is 0 Å². The van der Waals surface area contributed by atoms with Gasteiger partial charge in [0, 0.05) is 6.07 Å². The largest absolute Gasteiger partial charge is 0.481 e. The zero-order valence-electron chi connectivity index (χ0n) is 4.01. The Hall–Kier alpha value is -0.920. The molecule has 0 saturated heterocycles. The molecule has 1 rings (SSSR count). The van der Waals surface area contributed by atoms with Crippen molar-refractivity contribution in [3.8, 4) is 5.95 Å². The monoisotopic (exact) mass is 85.0 g/mol. The topological polar surface area (TPSA) is 33.4 Å². The van der Waals surface area contributed by atoms with Crippen molar-refractivity contribution in [1.82, 2.24) is 0 Å². The van der Waals surface area contributed by atoms with Crippen molar-refractivity contribution in [3.05, 3.63) is 18.4 Å². The summed E-state index contributed by atoms with van der Waals surface area (Å²) in [5, 5.41) is 8.37. The van der Waals surface area contributed by atoms with E-state index in [1.807, 2.05) is 0 Å². The van der Waals surface area contributed by atoms with Gasteiger partial charge in [-0.05, 0) is 6.04 Å². The Morgan fingerprint density at radius 3 is 3.00 bits per heavy atom. The first-order valence-electron chi connectivity index (χ1n) is 2.03. The summed E-state index contributed by atoms with van der Waals surface area (Å²) in [5.41, 5.74) is 0. The van der Waals surface area contributed by atoms with E-state index in [2.05, 4.69) is 4.42 Å². The van der Waals surface area contributed by atoms with E-state index >= 15 is 0 Å². The van der Waals surface area contributed by atoms with E-state index in [1.165, 1.54) is 6.07 Å². The maximum Gasteiger partial charge on any atom is 0.281 e. The number of hydrogen-bond donors (Lipinski definition) is 1. The fourth-order valence-corrected chi connectivity index (χ4v) is 0.234. The van der Waals surface area contributed by atoms with Crippen LogP contribution in [0.15, 0.2) is 22.8 Å². The van der Waals surface area contributed by atoms with Crippen molar-refractivity contribution in [2.24, 2.45) is 0 Å². The average Bonchev–Trinajstić information content (AvgIpc) is 1.87. The van der Waals surface area contributed by atoms with Crippen LogP contribution in [0.3, 0.4) is 0 Å². The van der Waals surface area contributed by atoms with Crippen LogP contribution in [0.25, 0.3) is 0 Å². The van der Waals surface area contributed by atoms with Crippen LogP contribution in [0.5, 0.6) is 5.95 Å². The molecule has 0 spiro atoms. The van der Waals surface area contributed by atoms with Crippen LogP contribution in [0.2, 0.25) is 0 Å². The Bertz CT molecular complexity index is 142. The predicted molar refractivity (Wildman–Crippen MR) is 20.4 cm³/mol. The van der Waals surface area contributed by atoms with Crippen LogP contribution in [0, 0.1) is 0 Å². The summed E-state index contributed by atoms with van der Waals surface area (Å²) in [6.07, 6.45) is 1.16. The minimum atomic E-state index is -0.204. The molecule has 0 saturated carbocycles. The minimum absolute atomic E-state index is 0.192. The van der Waals surface area contributed by atoms with Gasteiger partial charge in [-0.2, -0.15) is 0 Å². The van der Waals surface area contributed by atoms with Gasteiger partial charge in [0.05, 0.1) is 7.63 Å². The lowest BCUT2D eigenvalue weighted by Crippen LogP contribution is -1.40. The van der Waals surface area contributed by atoms with Crippen LogP contribution >= 0.6 is 0 Å². The molecule has 0 unspecified atom stereocenters. The molecule has 1 aromatic rings. The molecule has 6 heavy (non-hydrogen) atoms. The number of rotatable bonds is 0. The number of aromatic hydroxyl groups is 1. The highest BCUT2D eigenvalue weighted by molar-refractivity contribution is 5.00. The minimum Gasteiger partial charge on any atom is -0.481 e. The van der Waals surface area contributed by atoms with Crippen molar-refractivity contribution in [2.75, 3.05) is 0 Å². The van der Waals surface area contributed by atoms with Gasteiger partial charge in [-0.25, -0.2) is 0 Å². The molecule has 32 valence electrons. The van der Waals surface area contributed by atoms with Crippen molar-refractivity contribution >= 4 is 0 Å². The third-order valence-electron chi connectivity index (χ3n) is 0.455. The molecule has 0 fully saturated rings. The predicted octanol–water partition coefficient (Wildman–Crippen LogP) is 0.985. The second-order valence-electron chi connectivity index (χ2n) is 0.885. The first kappa shape index (κ1) is 2.29. The standard InChI is InChI=1S/C4H4O2/c5-4-2-1-3-6-4/h1-3,5H/i1D. The van der Waals surface area contributed by atoms with Gasteiger partial charge < -0.3 is 9.52 Å². The summed E-state index contributed by atoms with van der Waals surface area (Å²) in [7, 11) is 0. The Balaban J connectivity index is 3.04. The van der Waals surface area contributed by atoms with Gasteiger partial charge >= 0.3 is 0 Å². The Morgan fingerprint density at radius 2 is 2.83 bits per heavy atom. The third-order valence-corrected chi connectivity index (χ3v) is 0.455. The van der Waals surface area contributed by atoms with Gasteiger partial charge in [-0.1, -0.05) is 0 Å². The Morgan fingerprint density at radius 1 is 2.00 bits per heavy atom.